The van der Waals surface area contributed by atoms with Crippen LogP contribution < -0.4 is 10.6 Å². The van der Waals surface area contributed by atoms with E-state index < -0.39 is 0 Å². The number of aromatic nitrogens is 2. The number of nitrogens with zero attached hydrogens (tertiary/aromatic N) is 2. The highest BCUT2D eigenvalue weighted by Crippen LogP contribution is 2.10. The van der Waals surface area contributed by atoms with E-state index in [0.717, 1.165) is 17.7 Å². The zero-order valence-corrected chi connectivity index (χ0v) is 14.6. The van der Waals surface area contributed by atoms with Crippen LogP contribution in [0.2, 0.25) is 5.02 Å². The first-order valence-electron chi connectivity index (χ1n) is 7.69. The van der Waals surface area contributed by atoms with Crippen LogP contribution in [0.15, 0.2) is 30.3 Å². The number of aryl methyl sites for hydroxylation is 1. The second kappa shape index (κ2) is 9.20. The van der Waals surface area contributed by atoms with Crippen LogP contribution in [-0.2, 0) is 11.3 Å². The molecule has 1 amide bonds. The summed E-state index contributed by atoms with van der Waals surface area (Å²) in [5.74, 6) is 0.207. The Morgan fingerprint density at radius 1 is 1.25 bits per heavy atom. The van der Waals surface area contributed by atoms with Crippen molar-refractivity contribution >= 4 is 23.5 Å². The molecule has 128 valence electrons. The highest BCUT2D eigenvalue weighted by Gasteiger charge is 2.10. The number of ether oxygens (including phenoxy) is 1. The second-order valence-electron chi connectivity index (χ2n) is 5.30. The van der Waals surface area contributed by atoms with Crippen molar-refractivity contribution in [2.75, 3.05) is 25.6 Å². The molecule has 0 atom stereocenters. The van der Waals surface area contributed by atoms with Crippen molar-refractivity contribution in [1.82, 2.24) is 15.3 Å². The summed E-state index contributed by atoms with van der Waals surface area (Å²) in [5.41, 5.74) is 2.04. The van der Waals surface area contributed by atoms with Crippen molar-refractivity contribution < 1.29 is 9.53 Å². The van der Waals surface area contributed by atoms with Gasteiger partial charge in [-0.25, -0.2) is 9.97 Å². The minimum atomic E-state index is -0.240. The van der Waals surface area contributed by atoms with Crippen molar-refractivity contribution in [3.63, 3.8) is 0 Å². The van der Waals surface area contributed by atoms with E-state index in [1.807, 2.05) is 19.1 Å². The number of benzene rings is 1. The van der Waals surface area contributed by atoms with E-state index in [-0.39, 0.29) is 5.91 Å². The van der Waals surface area contributed by atoms with Crippen molar-refractivity contribution in [3.8, 4) is 0 Å². The number of methoxy groups -OCH3 is 1. The van der Waals surface area contributed by atoms with Crippen molar-refractivity contribution in [3.05, 3.63) is 52.3 Å². The third-order valence-corrected chi connectivity index (χ3v) is 3.51. The summed E-state index contributed by atoms with van der Waals surface area (Å²) in [5, 5.41) is 6.61. The van der Waals surface area contributed by atoms with E-state index >= 15 is 0 Å². The molecule has 0 saturated carbocycles. The van der Waals surface area contributed by atoms with Gasteiger partial charge in [0.25, 0.3) is 5.91 Å². The van der Waals surface area contributed by atoms with E-state index in [9.17, 15) is 4.79 Å². The van der Waals surface area contributed by atoms with E-state index in [1.165, 1.54) is 0 Å². The van der Waals surface area contributed by atoms with E-state index in [1.54, 1.807) is 25.3 Å². The Morgan fingerprint density at radius 2 is 2.00 bits per heavy atom. The highest BCUT2D eigenvalue weighted by atomic mass is 35.5. The zero-order chi connectivity index (χ0) is 17.4. The fourth-order valence-corrected chi connectivity index (χ4v) is 2.18. The lowest BCUT2D eigenvalue weighted by Crippen LogP contribution is -2.24. The topological polar surface area (TPSA) is 76.1 Å². The van der Waals surface area contributed by atoms with Crippen molar-refractivity contribution in [2.45, 2.75) is 19.9 Å². The summed E-state index contributed by atoms with van der Waals surface area (Å²) in [6, 6.07) is 8.99. The minimum Gasteiger partial charge on any atom is -0.385 e. The Labute approximate surface area is 146 Å². The number of rotatable bonds is 8. The van der Waals surface area contributed by atoms with Crippen LogP contribution in [0.25, 0.3) is 0 Å². The van der Waals surface area contributed by atoms with Gasteiger partial charge in [0.2, 0.25) is 5.95 Å². The molecule has 0 aliphatic carbocycles. The predicted molar refractivity (Wildman–Crippen MR) is 94.4 cm³/mol. The molecule has 0 spiro atoms. The second-order valence-corrected chi connectivity index (χ2v) is 5.74. The average Bonchev–Trinajstić information content (AvgIpc) is 2.57. The van der Waals surface area contributed by atoms with E-state index in [4.69, 9.17) is 16.3 Å². The molecule has 0 aliphatic heterocycles. The maximum Gasteiger partial charge on any atom is 0.270 e. The van der Waals surface area contributed by atoms with Gasteiger partial charge < -0.3 is 15.4 Å². The summed E-state index contributed by atoms with van der Waals surface area (Å²) >= 11 is 5.85. The van der Waals surface area contributed by atoms with Gasteiger partial charge >= 0.3 is 0 Å². The number of carbonyl (C=O) groups excluding carboxylic acids is 1. The summed E-state index contributed by atoms with van der Waals surface area (Å²) < 4.78 is 4.99. The zero-order valence-electron chi connectivity index (χ0n) is 13.8. The number of nitrogens with one attached hydrogen (secondary N) is 2. The molecule has 1 aromatic heterocycles. The van der Waals surface area contributed by atoms with Gasteiger partial charge in [0.05, 0.1) is 0 Å². The Morgan fingerprint density at radius 3 is 2.71 bits per heavy atom. The smallest absolute Gasteiger partial charge is 0.270 e. The molecule has 1 aromatic carbocycles. The lowest BCUT2D eigenvalue weighted by Gasteiger charge is -2.09. The molecule has 0 fully saturated rings. The maximum absolute atomic E-state index is 12.3. The summed E-state index contributed by atoms with van der Waals surface area (Å²) in [7, 11) is 1.66. The van der Waals surface area contributed by atoms with Crippen molar-refractivity contribution in [2.24, 2.45) is 0 Å². The minimum absolute atomic E-state index is 0.240. The number of halogens is 1. The van der Waals surface area contributed by atoms with Gasteiger partial charge in [-0.2, -0.15) is 0 Å². The Hall–Kier alpha value is -2.18. The molecule has 2 N–H and O–H groups in total. The highest BCUT2D eigenvalue weighted by molar-refractivity contribution is 6.30. The first-order chi connectivity index (χ1) is 11.6. The molecule has 0 bridgehead atoms. The molecule has 7 heteroatoms. The molecule has 2 aromatic rings. The standard InChI is InChI=1S/C17H21ClN4O2/c1-12-10-15(22-17(21-12)19-8-3-9-24-2)16(23)20-11-13-4-6-14(18)7-5-13/h4-7,10H,3,8-9,11H2,1-2H3,(H,20,23)(H,19,21,22). The van der Waals surface area contributed by atoms with Crippen LogP contribution in [0, 0.1) is 6.92 Å². The molecule has 0 saturated heterocycles. The quantitative estimate of drug-likeness (QED) is 0.717. The number of hydrogen-bond donors (Lipinski definition) is 2. The molecule has 0 unspecified atom stereocenters. The number of hydrogen-bond acceptors (Lipinski definition) is 5. The van der Waals surface area contributed by atoms with Crippen LogP contribution in [-0.4, -0.2) is 36.1 Å². The average molecular weight is 349 g/mol. The van der Waals surface area contributed by atoms with Gasteiger partial charge in [-0.1, -0.05) is 23.7 Å². The number of carbonyl (C=O) groups is 1. The van der Waals surface area contributed by atoms with Gasteiger partial charge in [0.1, 0.15) is 5.69 Å². The third-order valence-electron chi connectivity index (χ3n) is 3.26. The first-order valence-corrected chi connectivity index (χ1v) is 8.07. The fourth-order valence-electron chi connectivity index (χ4n) is 2.06. The lowest BCUT2D eigenvalue weighted by molar-refractivity contribution is 0.0945. The Bertz CT molecular complexity index is 677. The van der Waals surface area contributed by atoms with Gasteiger partial charge in [-0.05, 0) is 37.1 Å². The molecule has 0 radical (unpaired) electrons. The first kappa shape index (κ1) is 18.2. The monoisotopic (exact) mass is 348 g/mol. The van der Waals surface area contributed by atoms with Crippen LogP contribution >= 0.6 is 11.6 Å². The normalized spacial score (nSPS) is 10.5. The van der Waals surface area contributed by atoms with Gasteiger partial charge in [0.15, 0.2) is 0 Å². The van der Waals surface area contributed by atoms with E-state index in [0.29, 0.717) is 36.4 Å². The Balaban J connectivity index is 1.95. The predicted octanol–water partition coefficient (Wildman–Crippen LogP) is 2.82. The Kier molecular flexibility index (Phi) is 6.96. The van der Waals surface area contributed by atoms with Crippen LogP contribution in [0.5, 0.6) is 0 Å². The van der Waals surface area contributed by atoms with Gasteiger partial charge in [-0.15, -0.1) is 0 Å². The maximum atomic E-state index is 12.3. The summed E-state index contributed by atoms with van der Waals surface area (Å²) in [6.45, 7) is 3.59. The molecule has 6 nitrogen and oxygen atoms in total. The molecule has 1 heterocycles. The number of amides is 1. The summed E-state index contributed by atoms with van der Waals surface area (Å²) in [4.78, 5) is 20.8. The molecule has 2 rings (SSSR count). The lowest BCUT2D eigenvalue weighted by atomic mass is 10.2. The van der Waals surface area contributed by atoms with Crippen LogP contribution in [0.4, 0.5) is 5.95 Å². The van der Waals surface area contributed by atoms with Gasteiger partial charge in [0, 0.05) is 37.5 Å². The number of anilines is 1. The molecular weight excluding hydrogens is 328 g/mol. The van der Waals surface area contributed by atoms with E-state index in [2.05, 4.69) is 20.6 Å². The third kappa shape index (κ3) is 5.79. The SMILES string of the molecule is COCCCNc1nc(C)cc(C(=O)NCc2ccc(Cl)cc2)n1. The van der Waals surface area contributed by atoms with Gasteiger partial charge in [-0.3, -0.25) is 4.79 Å². The molecule has 24 heavy (non-hydrogen) atoms. The largest absolute Gasteiger partial charge is 0.385 e. The molecular formula is C17H21ClN4O2. The van der Waals surface area contributed by atoms with Crippen LogP contribution in [0.1, 0.15) is 28.2 Å². The van der Waals surface area contributed by atoms with Crippen LogP contribution in [0.3, 0.4) is 0 Å². The van der Waals surface area contributed by atoms with Crippen molar-refractivity contribution in [1.29, 1.82) is 0 Å². The summed E-state index contributed by atoms with van der Waals surface area (Å²) in [6.07, 6.45) is 0.839. The fraction of sp³-hybridized carbons (Fsp3) is 0.353. The molecule has 0 aliphatic rings.